The number of carbonyl (C=O) groups is 2. The predicted octanol–water partition coefficient (Wildman–Crippen LogP) is 0.677. The van der Waals surface area contributed by atoms with Crippen molar-refractivity contribution in [3.63, 3.8) is 0 Å². The molecule has 0 aliphatic rings. The van der Waals surface area contributed by atoms with Crippen LogP contribution >= 0.6 is 15.9 Å². The third-order valence-corrected chi connectivity index (χ3v) is 2.70. The van der Waals surface area contributed by atoms with Crippen LogP contribution in [0.3, 0.4) is 0 Å². The average Bonchev–Trinajstić information content (AvgIpc) is 2.37. The van der Waals surface area contributed by atoms with Gasteiger partial charge in [-0.1, -0.05) is 15.9 Å². The van der Waals surface area contributed by atoms with Gasteiger partial charge in [-0.15, -0.1) is 0 Å². The number of halogens is 1. The van der Waals surface area contributed by atoms with E-state index in [0.29, 0.717) is 18.5 Å². The fourth-order valence-corrected chi connectivity index (χ4v) is 1.50. The number of nitrogens with one attached hydrogen (secondary N) is 2. The van der Waals surface area contributed by atoms with E-state index in [9.17, 15) is 9.59 Å². The van der Waals surface area contributed by atoms with Crippen molar-refractivity contribution in [3.05, 3.63) is 34.3 Å². The van der Waals surface area contributed by atoms with Gasteiger partial charge in [0.1, 0.15) is 0 Å². The Kier molecular flexibility index (Phi) is 6.38. The summed E-state index contributed by atoms with van der Waals surface area (Å²) in [6.45, 7) is 0.370. The molecule has 18 heavy (non-hydrogen) atoms. The second-order valence-electron chi connectivity index (χ2n) is 3.62. The minimum Gasteiger partial charge on any atom is -0.396 e. The first-order valence-corrected chi connectivity index (χ1v) is 6.34. The second kappa shape index (κ2) is 7.84. The van der Waals surface area contributed by atoms with Crippen LogP contribution in [-0.2, 0) is 4.79 Å². The molecule has 1 aromatic carbocycles. The van der Waals surface area contributed by atoms with Crippen LogP contribution in [0.1, 0.15) is 16.8 Å². The molecular weight excluding hydrogens is 300 g/mol. The van der Waals surface area contributed by atoms with Gasteiger partial charge in [-0.3, -0.25) is 9.59 Å². The molecule has 0 bridgehead atoms. The molecule has 0 aliphatic heterocycles. The Morgan fingerprint density at radius 2 is 1.83 bits per heavy atom. The molecule has 98 valence electrons. The minimum absolute atomic E-state index is 0.0333. The maximum Gasteiger partial charge on any atom is 0.251 e. The molecule has 1 aromatic rings. The van der Waals surface area contributed by atoms with Crippen LogP contribution < -0.4 is 10.6 Å². The van der Waals surface area contributed by atoms with Crippen LogP contribution in [0.5, 0.6) is 0 Å². The van der Waals surface area contributed by atoms with Crippen LogP contribution in [0.2, 0.25) is 0 Å². The lowest BCUT2D eigenvalue weighted by Gasteiger charge is -2.06. The van der Waals surface area contributed by atoms with E-state index in [2.05, 4.69) is 26.6 Å². The summed E-state index contributed by atoms with van der Waals surface area (Å²) < 4.78 is 0.890. The van der Waals surface area contributed by atoms with E-state index in [1.165, 1.54) is 0 Å². The number of carbonyl (C=O) groups excluding carboxylic acids is 2. The molecule has 1 rings (SSSR count). The van der Waals surface area contributed by atoms with E-state index >= 15 is 0 Å². The lowest BCUT2D eigenvalue weighted by molar-refractivity contribution is -0.120. The van der Waals surface area contributed by atoms with Gasteiger partial charge < -0.3 is 15.7 Å². The van der Waals surface area contributed by atoms with Crippen LogP contribution in [-0.4, -0.2) is 36.6 Å². The number of rotatable bonds is 6. The zero-order chi connectivity index (χ0) is 13.4. The molecule has 0 fully saturated rings. The Bertz CT molecular complexity index is 406. The Labute approximate surface area is 114 Å². The van der Waals surface area contributed by atoms with E-state index in [1.807, 2.05) is 0 Å². The molecule has 3 N–H and O–H groups in total. The molecule has 0 aliphatic carbocycles. The maximum atomic E-state index is 11.6. The number of amides is 2. The van der Waals surface area contributed by atoms with Crippen LogP contribution in [0, 0.1) is 0 Å². The lowest BCUT2D eigenvalue weighted by Crippen LogP contribution is -2.37. The van der Waals surface area contributed by atoms with Gasteiger partial charge in [0.15, 0.2) is 0 Å². The van der Waals surface area contributed by atoms with Crippen molar-refractivity contribution in [2.24, 2.45) is 0 Å². The number of hydrogen-bond acceptors (Lipinski definition) is 3. The van der Waals surface area contributed by atoms with Gasteiger partial charge in [-0.25, -0.2) is 0 Å². The normalized spacial score (nSPS) is 9.89. The van der Waals surface area contributed by atoms with Gasteiger partial charge in [0.25, 0.3) is 5.91 Å². The van der Waals surface area contributed by atoms with Crippen LogP contribution in [0.15, 0.2) is 28.7 Å². The number of hydrogen-bond donors (Lipinski definition) is 3. The highest BCUT2D eigenvalue weighted by Crippen LogP contribution is 2.10. The first-order valence-electron chi connectivity index (χ1n) is 5.55. The Hall–Kier alpha value is -1.40. The van der Waals surface area contributed by atoms with Gasteiger partial charge >= 0.3 is 0 Å². The molecular formula is C12H15BrN2O3. The first-order chi connectivity index (χ1) is 8.63. The smallest absolute Gasteiger partial charge is 0.251 e. The molecule has 0 saturated heterocycles. The monoisotopic (exact) mass is 314 g/mol. The number of aliphatic hydroxyl groups is 1. The first kappa shape index (κ1) is 14.7. The third-order valence-electron chi connectivity index (χ3n) is 2.17. The lowest BCUT2D eigenvalue weighted by atomic mass is 10.2. The number of aliphatic hydroxyl groups excluding tert-OH is 1. The molecule has 0 atom stereocenters. The topological polar surface area (TPSA) is 78.4 Å². The average molecular weight is 315 g/mol. The molecule has 6 heteroatoms. The summed E-state index contributed by atoms with van der Waals surface area (Å²) in [6, 6.07) is 6.86. The standard InChI is InChI=1S/C12H15BrN2O3/c13-10-4-2-9(3-5-10)12(18)15-8-11(17)14-6-1-7-16/h2-5,16H,1,6-8H2,(H,14,17)(H,15,18). The molecule has 0 spiro atoms. The summed E-state index contributed by atoms with van der Waals surface area (Å²) in [5, 5.41) is 13.6. The van der Waals surface area contributed by atoms with E-state index in [4.69, 9.17) is 5.11 Å². The van der Waals surface area contributed by atoms with Crippen molar-refractivity contribution < 1.29 is 14.7 Å². The van der Waals surface area contributed by atoms with Gasteiger partial charge in [-0.05, 0) is 30.7 Å². The fourth-order valence-electron chi connectivity index (χ4n) is 1.23. The zero-order valence-corrected chi connectivity index (χ0v) is 11.4. The minimum atomic E-state index is -0.292. The van der Waals surface area contributed by atoms with E-state index in [1.54, 1.807) is 24.3 Å². The molecule has 2 amide bonds. The van der Waals surface area contributed by atoms with Crippen LogP contribution in [0.4, 0.5) is 0 Å². The SMILES string of the molecule is O=C(CNC(=O)c1ccc(Br)cc1)NCCCO. The van der Waals surface area contributed by atoms with E-state index in [-0.39, 0.29) is 25.0 Å². The third kappa shape index (κ3) is 5.29. The van der Waals surface area contributed by atoms with Gasteiger partial charge in [0.05, 0.1) is 6.54 Å². The Morgan fingerprint density at radius 1 is 1.17 bits per heavy atom. The highest BCUT2D eigenvalue weighted by Gasteiger charge is 2.07. The van der Waals surface area contributed by atoms with Crippen LogP contribution in [0.25, 0.3) is 0 Å². The van der Waals surface area contributed by atoms with Gasteiger partial charge in [-0.2, -0.15) is 0 Å². The van der Waals surface area contributed by atoms with E-state index in [0.717, 1.165) is 4.47 Å². The van der Waals surface area contributed by atoms with Crippen molar-refractivity contribution in [2.75, 3.05) is 19.7 Å². The molecule has 0 saturated carbocycles. The summed E-state index contributed by atoms with van der Waals surface area (Å²) in [5.74, 6) is -0.561. The Balaban J connectivity index is 2.32. The quantitative estimate of drug-likeness (QED) is 0.676. The predicted molar refractivity (Wildman–Crippen MR) is 71.2 cm³/mol. The maximum absolute atomic E-state index is 11.6. The summed E-state index contributed by atoms with van der Waals surface area (Å²) >= 11 is 3.28. The molecule has 0 radical (unpaired) electrons. The van der Waals surface area contributed by atoms with Crippen molar-refractivity contribution in [1.82, 2.24) is 10.6 Å². The van der Waals surface area contributed by atoms with Gasteiger partial charge in [0, 0.05) is 23.2 Å². The summed E-state index contributed by atoms with van der Waals surface area (Å²) in [7, 11) is 0. The molecule has 5 nitrogen and oxygen atoms in total. The Morgan fingerprint density at radius 3 is 2.44 bits per heavy atom. The van der Waals surface area contributed by atoms with Crippen molar-refractivity contribution >= 4 is 27.7 Å². The zero-order valence-electron chi connectivity index (χ0n) is 9.78. The summed E-state index contributed by atoms with van der Waals surface area (Å²) in [6.07, 6.45) is 0.506. The molecule has 0 unspecified atom stereocenters. The second-order valence-corrected chi connectivity index (χ2v) is 4.53. The summed E-state index contributed by atoms with van der Waals surface area (Å²) in [4.78, 5) is 22.9. The summed E-state index contributed by atoms with van der Waals surface area (Å²) in [5.41, 5.74) is 0.501. The molecule has 0 heterocycles. The highest BCUT2D eigenvalue weighted by atomic mass is 79.9. The van der Waals surface area contributed by atoms with Crippen molar-refractivity contribution in [2.45, 2.75) is 6.42 Å². The molecule has 0 aromatic heterocycles. The van der Waals surface area contributed by atoms with E-state index < -0.39 is 0 Å². The highest BCUT2D eigenvalue weighted by molar-refractivity contribution is 9.10. The fraction of sp³-hybridized carbons (Fsp3) is 0.333. The number of benzene rings is 1. The van der Waals surface area contributed by atoms with Crippen molar-refractivity contribution in [3.8, 4) is 0 Å². The van der Waals surface area contributed by atoms with Gasteiger partial charge in [0.2, 0.25) is 5.91 Å². The van der Waals surface area contributed by atoms with Crippen molar-refractivity contribution in [1.29, 1.82) is 0 Å². The largest absolute Gasteiger partial charge is 0.396 e.